The molecule has 0 aromatic heterocycles. The van der Waals surface area contributed by atoms with Crippen molar-refractivity contribution in [1.82, 2.24) is 4.31 Å². The zero-order valence-electron chi connectivity index (χ0n) is 4.59. The standard InChI is InChI=1S/C5H8NOS/c7-5-1-3-6(8)4-2-5/h1-4H2. The number of piperidine rings is 1. The van der Waals surface area contributed by atoms with E-state index in [1.54, 1.807) is 4.31 Å². The van der Waals surface area contributed by atoms with Gasteiger partial charge in [0.05, 0.1) is 0 Å². The monoisotopic (exact) mass is 130 g/mol. The first-order valence-corrected chi connectivity index (χ1v) is 3.09. The van der Waals surface area contributed by atoms with Gasteiger partial charge in [-0.1, -0.05) is 0 Å². The van der Waals surface area contributed by atoms with E-state index in [0.717, 1.165) is 13.1 Å². The van der Waals surface area contributed by atoms with Crippen molar-refractivity contribution in [2.24, 2.45) is 0 Å². The highest BCUT2D eigenvalue weighted by molar-refractivity contribution is 7.77. The third-order valence-corrected chi connectivity index (χ3v) is 1.65. The third-order valence-electron chi connectivity index (χ3n) is 1.28. The van der Waals surface area contributed by atoms with Crippen LogP contribution < -0.4 is 0 Å². The van der Waals surface area contributed by atoms with Gasteiger partial charge in [-0.2, -0.15) is 0 Å². The van der Waals surface area contributed by atoms with Crippen molar-refractivity contribution in [3.05, 3.63) is 0 Å². The maximum absolute atomic E-state index is 10.5. The molecule has 0 atom stereocenters. The summed E-state index contributed by atoms with van der Waals surface area (Å²) in [7, 11) is 0. The van der Waals surface area contributed by atoms with Gasteiger partial charge in [0.25, 0.3) is 0 Å². The number of carbonyl (C=O) groups excluding carboxylic acids is 1. The molecule has 1 fully saturated rings. The Bertz CT molecular complexity index is 94.6. The number of hydrogen-bond acceptors (Lipinski definition) is 2. The number of nitrogens with zero attached hydrogens (tertiary/aromatic N) is 1. The highest BCUT2D eigenvalue weighted by atomic mass is 32.1. The predicted octanol–water partition coefficient (Wildman–Crippen LogP) is 0.764. The molecule has 0 unspecified atom stereocenters. The van der Waals surface area contributed by atoms with Gasteiger partial charge < -0.3 is 0 Å². The van der Waals surface area contributed by atoms with E-state index in [-0.39, 0.29) is 0 Å². The number of hydrogen-bond donors (Lipinski definition) is 0. The summed E-state index contributed by atoms with van der Waals surface area (Å²) < 4.78 is 1.77. The Hall–Kier alpha value is -0.0200. The Morgan fingerprint density at radius 2 is 1.88 bits per heavy atom. The van der Waals surface area contributed by atoms with Crippen molar-refractivity contribution in [2.75, 3.05) is 13.1 Å². The van der Waals surface area contributed by atoms with Crippen molar-refractivity contribution in [3.63, 3.8) is 0 Å². The first-order valence-electron chi connectivity index (χ1n) is 2.73. The highest BCUT2D eigenvalue weighted by Crippen LogP contribution is 2.06. The van der Waals surface area contributed by atoms with Gasteiger partial charge in [-0.05, 0) is 0 Å². The molecular formula is C5H8NOS. The Morgan fingerprint density at radius 3 is 2.25 bits per heavy atom. The summed E-state index contributed by atoms with van der Waals surface area (Å²) in [5, 5.41) is 0. The molecule has 2 nitrogen and oxygen atoms in total. The number of rotatable bonds is 0. The maximum Gasteiger partial charge on any atom is 0.135 e. The minimum atomic E-state index is 0.353. The molecule has 0 spiro atoms. The summed E-state index contributed by atoms with van der Waals surface area (Å²) in [5.41, 5.74) is 0. The fourth-order valence-electron chi connectivity index (χ4n) is 0.736. The van der Waals surface area contributed by atoms with Crippen molar-refractivity contribution >= 4 is 18.6 Å². The molecule has 1 radical (unpaired) electrons. The molecule has 0 amide bonds. The Kier molecular flexibility index (Phi) is 1.91. The van der Waals surface area contributed by atoms with E-state index >= 15 is 0 Å². The average molecular weight is 130 g/mol. The molecule has 1 rings (SSSR count). The molecule has 1 aliphatic rings. The second kappa shape index (κ2) is 2.51. The predicted molar refractivity (Wildman–Crippen MR) is 33.4 cm³/mol. The third kappa shape index (κ3) is 1.49. The Balaban J connectivity index is 2.29. The van der Waals surface area contributed by atoms with Crippen molar-refractivity contribution in [1.29, 1.82) is 0 Å². The van der Waals surface area contributed by atoms with Crippen LogP contribution in [0.4, 0.5) is 0 Å². The Labute approximate surface area is 54.4 Å². The second-order valence-electron chi connectivity index (χ2n) is 1.97. The van der Waals surface area contributed by atoms with Crippen LogP contribution in [0.15, 0.2) is 0 Å². The summed E-state index contributed by atoms with van der Waals surface area (Å²) in [6.07, 6.45) is 1.31. The Morgan fingerprint density at radius 1 is 1.38 bits per heavy atom. The molecular weight excluding hydrogens is 122 g/mol. The van der Waals surface area contributed by atoms with Crippen molar-refractivity contribution in [2.45, 2.75) is 12.8 Å². The van der Waals surface area contributed by atoms with E-state index < -0.39 is 0 Å². The van der Waals surface area contributed by atoms with Gasteiger partial charge in [0.2, 0.25) is 0 Å². The van der Waals surface area contributed by atoms with Gasteiger partial charge in [-0.3, -0.25) is 4.79 Å². The smallest absolute Gasteiger partial charge is 0.135 e. The lowest BCUT2D eigenvalue weighted by Gasteiger charge is -2.17. The van der Waals surface area contributed by atoms with Gasteiger partial charge in [0.15, 0.2) is 0 Å². The topological polar surface area (TPSA) is 20.3 Å². The van der Waals surface area contributed by atoms with E-state index in [9.17, 15) is 4.79 Å². The summed E-state index contributed by atoms with van der Waals surface area (Å²) in [6, 6.07) is 0. The summed E-state index contributed by atoms with van der Waals surface area (Å²) in [5.74, 6) is 0.353. The zero-order chi connectivity index (χ0) is 5.98. The van der Waals surface area contributed by atoms with Crippen molar-refractivity contribution < 1.29 is 4.79 Å². The summed E-state index contributed by atoms with van der Waals surface area (Å²) >= 11 is 4.82. The first kappa shape index (κ1) is 6.11. The lowest BCUT2D eigenvalue weighted by Crippen LogP contribution is -2.26. The molecule has 3 heteroatoms. The van der Waals surface area contributed by atoms with Crippen LogP contribution in [0.5, 0.6) is 0 Å². The van der Waals surface area contributed by atoms with Gasteiger partial charge in [0.1, 0.15) is 5.78 Å². The van der Waals surface area contributed by atoms with E-state index in [1.807, 2.05) is 0 Å². The minimum absolute atomic E-state index is 0.353. The van der Waals surface area contributed by atoms with E-state index in [1.165, 1.54) is 0 Å². The van der Waals surface area contributed by atoms with Gasteiger partial charge in [0, 0.05) is 38.7 Å². The summed E-state index contributed by atoms with van der Waals surface area (Å²) in [6.45, 7) is 1.54. The number of ketones is 1. The van der Waals surface area contributed by atoms with Crippen LogP contribution >= 0.6 is 12.8 Å². The SMILES string of the molecule is O=C1CCN([S])CC1. The molecule has 0 bridgehead atoms. The van der Waals surface area contributed by atoms with Gasteiger partial charge >= 0.3 is 0 Å². The molecule has 0 aliphatic carbocycles. The second-order valence-corrected chi connectivity index (χ2v) is 2.48. The van der Waals surface area contributed by atoms with Crippen molar-refractivity contribution in [3.8, 4) is 0 Å². The molecule has 0 aromatic rings. The normalized spacial score (nSPS) is 23.9. The van der Waals surface area contributed by atoms with Gasteiger partial charge in [-0.15, -0.1) is 0 Å². The fourth-order valence-corrected chi connectivity index (χ4v) is 0.918. The fraction of sp³-hybridized carbons (Fsp3) is 0.800. The zero-order valence-corrected chi connectivity index (χ0v) is 5.41. The highest BCUT2D eigenvalue weighted by Gasteiger charge is 2.12. The van der Waals surface area contributed by atoms with E-state index in [4.69, 9.17) is 12.8 Å². The van der Waals surface area contributed by atoms with Crippen LogP contribution in [0.2, 0.25) is 0 Å². The lowest BCUT2D eigenvalue weighted by molar-refractivity contribution is -0.120. The molecule has 1 heterocycles. The first-order chi connectivity index (χ1) is 3.79. The van der Waals surface area contributed by atoms with Crippen LogP contribution in [-0.2, 0) is 4.79 Å². The molecule has 8 heavy (non-hydrogen) atoms. The lowest BCUT2D eigenvalue weighted by atomic mass is 10.1. The quantitative estimate of drug-likeness (QED) is 0.482. The molecule has 1 aliphatic heterocycles. The van der Waals surface area contributed by atoms with Crippen LogP contribution in [0, 0.1) is 0 Å². The molecule has 0 aromatic carbocycles. The summed E-state index contributed by atoms with van der Waals surface area (Å²) in [4.78, 5) is 10.5. The van der Waals surface area contributed by atoms with E-state index in [2.05, 4.69) is 0 Å². The van der Waals surface area contributed by atoms with Crippen LogP contribution in [-0.4, -0.2) is 23.2 Å². The van der Waals surface area contributed by atoms with Gasteiger partial charge in [-0.25, -0.2) is 4.31 Å². The minimum Gasteiger partial charge on any atom is -0.300 e. The molecule has 45 valence electrons. The molecule has 0 saturated carbocycles. The van der Waals surface area contributed by atoms with Crippen LogP contribution in [0.25, 0.3) is 0 Å². The number of carbonyl (C=O) groups is 1. The van der Waals surface area contributed by atoms with Crippen LogP contribution in [0.3, 0.4) is 0 Å². The largest absolute Gasteiger partial charge is 0.300 e. The van der Waals surface area contributed by atoms with E-state index in [0.29, 0.717) is 18.6 Å². The number of Topliss-reactive ketones (excluding diaryl/α,β-unsaturated/α-hetero) is 1. The molecule has 1 saturated heterocycles. The molecule has 0 N–H and O–H groups in total. The van der Waals surface area contributed by atoms with Crippen LogP contribution in [0.1, 0.15) is 12.8 Å². The maximum atomic E-state index is 10.5. The average Bonchev–Trinajstić information content (AvgIpc) is 1.77.